The number of hydrogen-bond acceptors (Lipinski definition) is 10. The van der Waals surface area contributed by atoms with Crippen molar-refractivity contribution in [3.8, 4) is 0 Å². The summed E-state index contributed by atoms with van der Waals surface area (Å²) in [5.41, 5.74) is 4.71. The Hall–Kier alpha value is -5.87. The number of aromatic carboxylic acids is 1. The Morgan fingerprint density at radius 1 is 0.627 bits per heavy atom. The number of nitrogens with zero attached hydrogens (tertiary/aromatic N) is 3. The van der Waals surface area contributed by atoms with Gasteiger partial charge in [0.2, 0.25) is 11.8 Å². The third-order valence-electron chi connectivity index (χ3n) is 10.2. The quantitative estimate of drug-likeness (QED) is 0.0172. The summed E-state index contributed by atoms with van der Waals surface area (Å²) in [5.74, 6) is -1.55. The van der Waals surface area contributed by atoms with Gasteiger partial charge in [0.1, 0.15) is 0 Å². The molecule has 308 valence electrons. The van der Waals surface area contributed by atoms with Crippen molar-refractivity contribution in [2.24, 2.45) is 0 Å². The third-order valence-corrected chi connectivity index (χ3v) is 10.2. The van der Waals surface area contributed by atoms with Crippen LogP contribution in [0.25, 0.3) is 21.5 Å². The summed E-state index contributed by atoms with van der Waals surface area (Å²) in [6, 6.07) is 27.1. The lowest BCUT2D eigenvalue weighted by molar-refractivity contribution is -0.118. The summed E-state index contributed by atoms with van der Waals surface area (Å²) >= 11 is 0. The lowest BCUT2D eigenvalue weighted by Gasteiger charge is -2.28. The number of carbonyl (C=O) groups excluding carboxylic acids is 2. The summed E-state index contributed by atoms with van der Waals surface area (Å²) in [6.45, 7) is 13.9. The van der Waals surface area contributed by atoms with E-state index in [-0.39, 0.29) is 28.3 Å². The average molecular weight is 802 g/mol. The second-order valence-corrected chi connectivity index (χ2v) is 14.8. The molecule has 5 aromatic carbocycles. The van der Waals surface area contributed by atoms with Crippen LogP contribution in [0.5, 0.6) is 0 Å². The normalized spacial score (nSPS) is 11.3. The molecule has 5 rings (SSSR count). The maximum Gasteiger partial charge on any atom is 0.488 e. The molecule has 59 heavy (non-hydrogen) atoms. The minimum Gasteiger partial charge on any atom is -0.478 e. The van der Waals surface area contributed by atoms with Crippen LogP contribution in [0.1, 0.15) is 59.3 Å². The van der Waals surface area contributed by atoms with Crippen molar-refractivity contribution in [1.29, 1.82) is 0 Å². The summed E-state index contributed by atoms with van der Waals surface area (Å²) in [7, 11) is -1.67. The number of benzene rings is 5. The smallest absolute Gasteiger partial charge is 0.478 e. The molecule has 0 spiro atoms. The minimum atomic E-state index is -1.67. The molecule has 5 aromatic rings. The van der Waals surface area contributed by atoms with Gasteiger partial charge in [-0.25, -0.2) is 4.79 Å². The summed E-state index contributed by atoms with van der Waals surface area (Å²) in [6.07, 6.45) is 1.14. The molecular weight excluding hydrogens is 749 g/mol. The Kier molecular flexibility index (Phi) is 15.5. The summed E-state index contributed by atoms with van der Waals surface area (Å²) < 4.78 is 0. The molecule has 0 aliphatic heterocycles. The molecule has 2 amide bonds. The number of carbonyl (C=O) groups is 3. The van der Waals surface area contributed by atoms with E-state index in [1.807, 2.05) is 48.5 Å². The van der Waals surface area contributed by atoms with Crippen LogP contribution in [0.2, 0.25) is 0 Å². The first-order valence-corrected chi connectivity index (χ1v) is 19.5. The molecule has 13 nitrogen and oxygen atoms in total. The lowest BCUT2D eigenvalue weighted by Crippen LogP contribution is -2.36. The fourth-order valence-corrected chi connectivity index (χ4v) is 7.27. The van der Waals surface area contributed by atoms with E-state index in [4.69, 9.17) is 0 Å². The van der Waals surface area contributed by atoms with Crippen LogP contribution >= 0.6 is 0 Å². The first-order chi connectivity index (χ1) is 28.2. The molecule has 0 atom stereocenters. The lowest BCUT2D eigenvalue weighted by atomic mass is 9.77. The van der Waals surface area contributed by atoms with Crippen molar-refractivity contribution < 1.29 is 40.0 Å². The number of carboxylic acids is 1. The van der Waals surface area contributed by atoms with E-state index in [0.717, 1.165) is 38.2 Å². The molecule has 0 heterocycles. The van der Waals surface area contributed by atoms with Gasteiger partial charge in [-0.15, -0.1) is 5.23 Å². The van der Waals surface area contributed by atoms with E-state index in [1.54, 1.807) is 56.3 Å². The van der Waals surface area contributed by atoms with E-state index < -0.39 is 13.1 Å². The third kappa shape index (κ3) is 11.6. The van der Waals surface area contributed by atoms with Crippen LogP contribution in [0.3, 0.4) is 0 Å². The van der Waals surface area contributed by atoms with Gasteiger partial charge in [0, 0.05) is 63.5 Å². The zero-order chi connectivity index (χ0) is 42.6. The number of hydrogen-bond donors (Lipinski definition) is 7. The van der Waals surface area contributed by atoms with Crippen molar-refractivity contribution >= 4 is 57.6 Å². The van der Waals surface area contributed by atoms with Gasteiger partial charge in [0.15, 0.2) is 0 Å². The molecule has 0 aromatic heterocycles. The standard InChI is InChI=1S/C45H52BN5O8/c1-30(2)43(52)47-21-11-23-49(26-33-13-5-9-17-41(33)46(56)57)28-39-35-15-7-8-16-36(35)40(38-25-32(45(54)55)19-20-37(38)39)29-50(24-12-22-48-44(53)31(3)4)27-34-14-6-10-18-42(34)51(58)59/h5-10,13-20,25,56-59H,1,3,11-12,21-24,26-29H2,2,4H3,(H,47,52)(H,48,53)(H,54,55). The number of carboxylic acid groups (broad SMARTS) is 1. The molecule has 0 saturated carbocycles. The number of para-hydroxylation sites is 1. The fourth-order valence-electron chi connectivity index (χ4n) is 7.27. The van der Waals surface area contributed by atoms with Crippen LogP contribution < -0.4 is 21.3 Å². The van der Waals surface area contributed by atoms with Crippen molar-refractivity contribution in [3.05, 3.63) is 143 Å². The topological polar surface area (TPSA) is 186 Å². The van der Waals surface area contributed by atoms with Crippen LogP contribution in [-0.2, 0) is 35.8 Å². The summed E-state index contributed by atoms with van der Waals surface area (Å²) in [5, 5.41) is 60.0. The summed E-state index contributed by atoms with van der Waals surface area (Å²) in [4.78, 5) is 41.3. The van der Waals surface area contributed by atoms with E-state index in [0.29, 0.717) is 87.4 Å². The van der Waals surface area contributed by atoms with Crippen LogP contribution in [0, 0.1) is 0 Å². The Morgan fingerprint density at radius 3 is 1.63 bits per heavy atom. The largest absolute Gasteiger partial charge is 0.488 e. The van der Waals surface area contributed by atoms with Gasteiger partial charge in [0.05, 0.1) is 11.3 Å². The maximum absolute atomic E-state index is 12.5. The molecule has 7 N–H and O–H groups in total. The van der Waals surface area contributed by atoms with E-state index in [1.165, 1.54) is 0 Å². The molecule has 0 unspecified atom stereocenters. The van der Waals surface area contributed by atoms with Gasteiger partial charge in [0.25, 0.3) is 0 Å². The Labute approximate surface area is 344 Å². The van der Waals surface area contributed by atoms with E-state index in [2.05, 4.69) is 33.6 Å². The average Bonchev–Trinajstić information content (AvgIpc) is 3.21. The molecule has 0 fully saturated rings. The molecule has 0 saturated heterocycles. The fraction of sp³-hybridized carbons (Fsp3) is 0.267. The maximum atomic E-state index is 12.5. The Bertz CT molecular complexity index is 2330. The highest BCUT2D eigenvalue weighted by molar-refractivity contribution is 6.59. The van der Waals surface area contributed by atoms with Gasteiger partial charge in [-0.05, 0) is 94.1 Å². The zero-order valence-electron chi connectivity index (χ0n) is 33.5. The van der Waals surface area contributed by atoms with Gasteiger partial charge >= 0.3 is 13.1 Å². The first-order valence-electron chi connectivity index (χ1n) is 19.5. The molecular formula is C45H52BN5O8. The number of fused-ring (bicyclic) bond motifs is 2. The Morgan fingerprint density at radius 2 is 1.10 bits per heavy atom. The van der Waals surface area contributed by atoms with Gasteiger partial charge in [-0.3, -0.25) is 29.8 Å². The molecule has 0 radical (unpaired) electrons. The second kappa shape index (κ2) is 20.7. The molecule has 14 heteroatoms. The van der Waals surface area contributed by atoms with Gasteiger partial charge in [-0.2, -0.15) is 0 Å². The predicted molar refractivity (Wildman–Crippen MR) is 230 cm³/mol. The van der Waals surface area contributed by atoms with Crippen molar-refractivity contribution in [1.82, 2.24) is 20.4 Å². The first kappa shape index (κ1) is 44.2. The number of nitrogens with one attached hydrogen (secondary N) is 2. The van der Waals surface area contributed by atoms with E-state index in [9.17, 15) is 40.0 Å². The molecule has 0 aliphatic carbocycles. The van der Waals surface area contributed by atoms with Crippen molar-refractivity contribution in [3.63, 3.8) is 0 Å². The molecule has 0 aliphatic rings. The highest BCUT2D eigenvalue weighted by atomic mass is 16.8. The second-order valence-electron chi connectivity index (χ2n) is 14.8. The van der Waals surface area contributed by atoms with Crippen LogP contribution in [-0.4, -0.2) is 86.4 Å². The van der Waals surface area contributed by atoms with Crippen LogP contribution in [0.15, 0.2) is 115 Å². The van der Waals surface area contributed by atoms with Crippen molar-refractivity contribution in [2.75, 3.05) is 31.4 Å². The van der Waals surface area contributed by atoms with E-state index >= 15 is 0 Å². The van der Waals surface area contributed by atoms with Gasteiger partial charge in [-0.1, -0.05) is 86.0 Å². The monoisotopic (exact) mass is 801 g/mol. The highest BCUT2D eigenvalue weighted by Crippen LogP contribution is 2.36. The van der Waals surface area contributed by atoms with Crippen molar-refractivity contribution in [2.45, 2.75) is 52.9 Å². The Balaban J connectivity index is 1.61. The number of rotatable bonds is 21. The minimum absolute atomic E-state index is 0.0964. The number of amides is 2. The zero-order valence-corrected chi connectivity index (χ0v) is 33.5. The van der Waals surface area contributed by atoms with Crippen LogP contribution in [0.4, 0.5) is 5.69 Å². The van der Waals surface area contributed by atoms with Gasteiger partial charge < -0.3 is 25.8 Å². The SMILES string of the molecule is C=C(C)C(=O)NCCCN(Cc1ccccc1B(O)O)Cc1c2ccccc2c(CN(CCCNC(=O)C(=C)C)Cc2ccccc2N(O)O)c2cc(C(=O)O)ccc12. The predicted octanol–water partition coefficient (Wildman–Crippen LogP) is 5.13. The highest BCUT2D eigenvalue weighted by Gasteiger charge is 2.23. The molecule has 0 bridgehead atoms. The number of anilines is 1.